The first-order valence-corrected chi connectivity index (χ1v) is 47.9. The summed E-state index contributed by atoms with van der Waals surface area (Å²) in [5, 5.41) is 10.7. The smallest absolute Gasteiger partial charge is 0.462 e. The number of allylic oxidation sites excluding steroid dienone is 4. The quantitative estimate of drug-likeness (QED) is 0.0169. The molecule has 3 N–H and O–H groups in total. The van der Waals surface area contributed by atoms with Crippen LogP contribution in [0, 0.1) is 5.92 Å². The van der Waals surface area contributed by atoms with E-state index < -0.39 is 97.5 Å². The first kappa shape index (κ1) is 105. The largest absolute Gasteiger partial charge is 0.472 e. The zero-order valence-electron chi connectivity index (χ0n) is 69.8. The predicted octanol–water partition coefficient (Wildman–Crippen LogP) is 26.7. The minimum absolute atomic E-state index is 0.0848. The average molecular weight is 1560 g/mol. The Morgan fingerprint density at radius 2 is 0.505 bits per heavy atom. The highest BCUT2D eigenvalue weighted by molar-refractivity contribution is 7.47. The van der Waals surface area contributed by atoms with Gasteiger partial charge in [-0.05, 0) is 57.3 Å². The molecule has 0 aromatic carbocycles. The third-order valence-electron chi connectivity index (χ3n) is 20.2. The Hall–Kier alpha value is -2.46. The number of carbonyl (C=O) groups excluding carboxylic acids is 4. The summed E-state index contributed by atoms with van der Waals surface area (Å²) in [4.78, 5) is 73.2. The molecule has 0 rings (SSSR count). The Kier molecular flexibility index (Phi) is 78.3. The van der Waals surface area contributed by atoms with Crippen LogP contribution in [-0.2, 0) is 65.4 Å². The zero-order chi connectivity index (χ0) is 78.3. The molecular formula is C88H168O17P2. The second-order valence-corrected chi connectivity index (χ2v) is 34.3. The molecule has 19 heteroatoms. The van der Waals surface area contributed by atoms with Crippen molar-refractivity contribution in [2.45, 2.75) is 470 Å². The zero-order valence-corrected chi connectivity index (χ0v) is 71.6. The molecule has 0 spiro atoms. The molecule has 0 fully saturated rings. The second-order valence-electron chi connectivity index (χ2n) is 31.4. The van der Waals surface area contributed by atoms with E-state index in [1.807, 2.05) is 0 Å². The van der Waals surface area contributed by atoms with Gasteiger partial charge in [0.05, 0.1) is 26.4 Å². The van der Waals surface area contributed by atoms with Gasteiger partial charge in [-0.3, -0.25) is 37.3 Å². The molecule has 5 atom stereocenters. The van der Waals surface area contributed by atoms with Crippen LogP contribution in [-0.4, -0.2) is 96.7 Å². The molecule has 0 aliphatic rings. The number of hydrogen-bond acceptors (Lipinski definition) is 15. The van der Waals surface area contributed by atoms with E-state index in [4.69, 9.17) is 37.0 Å². The molecule has 0 saturated carbocycles. The fraction of sp³-hybridized carbons (Fsp3) is 0.909. The van der Waals surface area contributed by atoms with E-state index in [9.17, 15) is 43.2 Å². The lowest BCUT2D eigenvalue weighted by atomic mass is 10.0. The van der Waals surface area contributed by atoms with Crippen LogP contribution < -0.4 is 0 Å². The van der Waals surface area contributed by atoms with Crippen molar-refractivity contribution in [2.75, 3.05) is 39.6 Å². The molecule has 0 amide bonds. The first-order valence-electron chi connectivity index (χ1n) is 45.0. The highest BCUT2D eigenvalue weighted by Crippen LogP contribution is 2.45. The summed E-state index contributed by atoms with van der Waals surface area (Å²) in [6.45, 7) is 7.24. The van der Waals surface area contributed by atoms with Crippen LogP contribution in [0.3, 0.4) is 0 Å². The van der Waals surface area contributed by atoms with E-state index in [0.717, 1.165) is 109 Å². The monoisotopic (exact) mass is 1560 g/mol. The summed E-state index contributed by atoms with van der Waals surface area (Å²) in [7, 11) is -9.94. The van der Waals surface area contributed by atoms with Gasteiger partial charge in [-0.1, -0.05) is 399 Å². The maximum absolute atomic E-state index is 13.2. The number of unbranched alkanes of at least 4 members (excludes halogenated alkanes) is 55. The standard InChI is InChI=1S/C88H168O17P2/c1-6-9-12-15-18-21-24-27-30-32-34-36-38-40-43-45-48-51-56-61-66-71-85(90)98-77-83(104-87(92)74-69-64-58-53-50-47-44-41-39-37-35-33-31-28-25-22-19-16-13-10-7-2)79-102-106(94,95)100-75-82(89)76-101-107(96,97)103-80-84(78-99-86(91)72-67-62-59-54-55-60-65-70-81(4)5)105-88(93)73-68-63-57-52-49-46-42-29-26-23-20-17-14-11-8-3/h23,26,29,42,81-84,89H,6-22,24-25,27-28,30-41,43-80H2,1-5H3,(H,94,95)(H,96,97)/b26-23-,42-29-/t82-,83-,84-/m1/s1. The molecule has 2 unspecified atom stereocenters. The van der Waals surface area contributed by atoms with Gasteiger partial charge in [-0.25, -0.2) is 9.13 Å². The molecule has 0 bridgehead atoms. The van der Waals surface area contributed by atoms with Crippen molar-refractivity contribution in [1.82, 2.24) is 0 Å². The third kappa shape index (κ3) is 81.4. The Bertz CT molecular complexity index is 2130. The molecule has 0 aromatic heterocycles. The van der Waals surface area contributed by atoms with E-state index >= 15 is 0 Å². The number of esters is 4. The molecule has 107 heavy (non-hydrogen) atoms. The van der Waals surface area contributed by atoms with Crippen LogP contribution in [0.5, 0.6) is 0 Å². The fourth-order valence-electron chi connectivity index (χ4n) is 13.3. The number of hydrogen-bond donors (Lipinski definition) is 3. The Balaban J connectivity index is 5.24. The van der Waals surface area contributed by atoms with Crippen molar-refractivity contribution in [3.8, 4) is 0 Å². The van der Waals surface area contributed by atoms with E-state index in [1.165, 1.54) is 257 Å². The molecule has 17 nitrogen and oxygen atoms in total. The third-order valence-corrected chi connectivity index (χ3v) is 22.1. The number of rotatable bonds is 86. The lowest BCUT2D eigenvalue weighted by molar-refractivity contribution is -0.161. The van der Waals surface area contributed by atoms with Gasteiger partial charge in [0.1, 0.15) is 19.3 Å². The molecule has 0 saturated heterocycles. The minimum Gasteiger partial charge on any atom is -0.462 e. The van der Waals surface area contributed by atoms with E-state index in [-0.39, 0.29) is 25.7 Å². The maximum Gasteiger partial charge on any atom is 0.472 e. The highest BCUT2D eigenvalue weighted by atomic mass is 31.2. The van der Waals surface area contributed by atoms with Gasteiger partial charge in [0, 0.05) is 25.7 Å². The first-order chi connectivity index (χ1) is 52.0. The van der Waals surface area contributed by atoms with Gasteiger partial charge in [0.25, 0.3) is 0 Å². The number of phosphoric acid groups is 2. The number of aliphatic hydroxyl groups is 1. The number of phosphoric ester groups is 2. The number of carbonyl (C=O) groups is 4. The predicted molar refractivity (Wildman–Crippen MR) is 441 cm³/mol. The van der Waals surface area contributed by atoms with E-state index in [0.29, 0.717) is 31.6 Å². The molecule has 0 aliphatic carbocycles. The summed E-state index contributed by atoms with van der Waals surface area (Å²) < 4.78 is 68.9. The normalized spacial score (nSPS) is 13.9. The lowest BCUT2D eigenvalue weighted by Gasteiger charge is -2.21. The van der Waals surface area contributed by atoms with Crippen molar-refractivity contribution in [2.24, 2.45) is 5.92 Å². The minimum atomic E-state index is -4.97. The topological polar surface area (TPSA) is 237 Å². The summed E-state index contributed by atoms with van der Waals surface area (Å²) >= 11 is 0. The number of ether oxygens (including phenoxy) is 4. The molecule has 632 valence electrons. The van der Waals surface area contributed by atoms with Crippen molar-refractivity contribution in [3.05, 3.63) is 24.3 Å². The summed E-state index contributed by atoms with van der Waals surface area (Å²) in [5.41, 5.74) is 0. The Labute approximate surface area is 656 Å². The SMILES string of the molecule is CCCCCC/C=C\C=C/CCCCCCCC(=O)O[C@H](COC(=O)CCCCCCCCCC(C)C)COP(=O)(O)OC[C@H](O)COP(=O)(O)OC[C@@H](COC(=O)CCCCCCCCCCCCCCCCCCCCCCC)OC(=O)CCCCCCCCCCCCCCCCCCCCCCC. The van der Waals surface area contributed by atoms with Crippen LogP contribution in [0.15, 0.2) is 24.3 Å². The molecular weight excluding hydrogens is 1390 g/mol. The van der Waals surface area contributed by atoms with Gasteiger partial charge in [-0.2, -0.15) is 0 Å². The van der Waals surface area contributed by atoms with Crippen LogP contribution in [0.1, 0.15) is 452 Å². The average Bonchev–Trinajstić information content (AvgIpc) is 0.903. The molecule has 0 radical (unpaired) electrons. The Morgan fingerprint density at radius 1 is 0.290 bits per heavy atom. The summed E-state index contributed by atoms with van der Waals surface area (Å²) in [6.07, 6.45) is 77.5. The summed E-state index contributed by atoms with van der Waals surface area (Å²) in [6, 6.07) is 0. The summed E-state index contributed by atoms with van der Waals surface area (Å²) in [5.74, 6) is -1.43. The van der Waals surface area contributed by atoms with Gasteiger partial charge in [0.2, 0.25) is 0 Å². The molecule has 0 heterocycles. The van der Waals surface area contributed by atoms with Gasteiger partial charge in [-0.15, -0.1) is 0 Å². The van der Waals surface area contributed by atoms with Gasteiger partial charge >= 0.3 is 39.5 Å². The van der Waals surface area contributed by atoms with Gasteiger partial charge in [0.15, 0.2) is 12.2 Å². The van der Waals surface area contributed by atoms with Gasteiger partial charge < -0.3 is 33.8 Å². The molecule has 0 aromatic rings. The van der Waals surface area contributed by atoms with Crippen molar-refractivity contribution >= 4 is 39.5 Å². The maximum atomic E-state index is 13.2. The lowest BCUT2D eigenvalue weighted by Crippen LogP contribution is -2.30. The van der Waals surface area contributed by atoms with Crippen LogP contribution in [0.2, 0.25) is 0 Å². The van der Waals surface area contributed by atoms with Crippen molar-refractivity contribution < 1.29 is 80.2 Å². The van der Waals surface area contributed by atoms with Crippen molar-refractivity contribution in [1.29, 1.82) is 0 Å². The van der Waals surface area contributed by atoms with Crippen LogP contribution >= 0.6 is 15.6 Å². The van der Waals surface area contributed by atoms with E-state index in [1.54, 1.807) is 0 Å². The van der Waals surface area contributed by atoms with Crippen molar-refractivity contribution in [3.63, 3.8) is 0 Å². The van der Waals surface area contributed by atoms with E-state index in [2.05, 4.69) is 58.9 Å². The van der Waals surface area contributed by atoms with Crippen LogP contribution in [0.4, 0.5) is 0 Å². The Morgan fingerprint density at radius 3 is 0.766 bits per heavy atom. The second kappa shape index (κ2) is 80.2. The molecule has 0 aliphatic heterocycles. The number of aliphatic hydroxyl groups excluding tert-OH is 1. The highest BCUT2D eigenvalue weighted by Gasteiger charge is 2.30. The fourth-order valence-corrected chi connectivity index (χ4v) is 14.9. The van der Waals surface area contributed by atoms with Crippen LogP contribution in [0.25, 0.3) is 0 Å².